The molecule has 29 N–H and O–H groups in total. The number of aromatic hydroxyl groups is 1. The number of primary amides is 3. The molecule has 0 aliphatic carbocycles. The van der Waals surface area contributed by atoms with Crippen molar-refractivity contribution in [1.29, 1.82) is 0 Å². The van der Waals surface area contributed by atoms with Crippen LogP contribution in [0.2, 0.25) is 0 Å². The second-order valence-corrected chi connectivity index (χ2v) is 24.5. The van der Waals surface area contributed by atoms with Crippen LogP contribution in [0.1, 0.15) is 95.4 Å². The van der Waals surface area contributed by atoms with Gasteiger partial charge in [0.1, 0.15) is 78.3 Å². The number of carboxylic acid groups (broad SMARTS) is 3. The van der Waals surface area contributed by atoms with Gasteiger partial charge < -0.3 is 128 Å². The van der Waals surface area contributed by atoms with E-state index in [9.17, 15) is 112 Å². The topological polar surface area (TPSA) is 732 Å². The summed E-state index contributed by atoms with van der Waals surface area (Å²) in [6.45, 7) is 2.21. The number of nitrogens with one attached hydrogen (secondary N) is 13. The zero-order valence-electron chi connectivity index (χ0n) is 58.2. The average molecular weight is 1510 g/mol. The van der Waals surface area contributed by atoms with Crippen molar-refractivity contribution in [3.63, 3.8) is 0 Å². The van der Waals surface area contributed by atoms with Gasteiger partial charge in [0, 0.05) is 37.6 Å². The Labute approximate surface area is 609 Å². The number of rotatable bonds is 48. The molecule has 3 aromatic rings. The Balaban J connectivity index is 1.86. The van der Waals surface area contributed by atoms with E-state index in [0.717, 1.165) is 20.2 Å². The van der Waals surface area contributed by atoms with Crippen LogP contribution in [0.3, 0.4) is 0 Å². The van der Waals surface area contributed by atoms with Gasteiger partial charge in [0.15, 0.2) is 0 Å². The van der Waals surface area contributed by atoms with Crippen molar-refractivity contribution >= 4 is 107 Å². The molecule has 43 heteroatoms. The second kappa shape index (κ2) is 44.4. The Morgan fingerprint density at radius 3 is 1.30 bits per heavy atom. The molecule has 2 aromatic carbocycles. The maximum absolute atomic E-state index is 14.4. The van der Waals surface area contributed by atoms with Gasteiger partial charge in [0.05, 0.1) is 50.8 Å². The van der Waals surface area contributed by atoms with Crippen molar-refractivity contribution in [2.75, 3.05) is 13.2 Å². The van der Waals surface area contributed by atoms with E-state index in [-0.39, 0.29) is 56.5 Å². The highest BCUT2D eigenvalue weighted by atomic mass is 16.4. The molecule has 1 heterocycles. The van der Waals surface area contributed by atoms with Crippen molar-refractivity contribution in [2.24, 2.45) is 28.7 Å². The highest BCUT2D eigenvalue weighted by Gasteiger charge is 2.38. The molecule has 14 atom stereocenters. The van der Waals surface area contributed by atoms with E-state index in [1.165, 1.54) is 37.4 Å². The van der Waals surface area contributed by atoms with Crippen molar-refractivity contribution < 1.29 is 117 Å². The molecule has 43 nitrogen and oxygen atoms in total. The zero-order chi connectivity index (χ0) is 80.4. The SMILES string of the molecule is C[C@H](NC(=O)[C@H](CC(=O)O)NC(=O)[C@H](Cc1ccccc1)NC(=O)[C@H](CCCCN)NC(=O)[C@H](C)NC(=O)[C@H](Cc1ccc(O)cc1)NC(=O)[C@@H](NC(=O)[C@@H](N)CCC(N)=O)[C@@H](C)O)C(=O)N[C@@H](CC(N)=O)C(=O)N[C@@H](CO)C(=O)N[C@@H](Cc1cnc[nH]1)C(=O)N[C@@H](CC(N)=O)C(=O)N[C@@H](CC(=O)O)C(=O)O. The molecule has 0 unspecified atom stereocenters. The number of amides is 15. The number of phenols is 1. The summed E-state index contributed by atoms with van der Waals surface area (Å²) in [5.74, 6) is -23.0. The smallest absolute Gasteiger partial charge is 0.326 e. The molecule has 0 aliphatic rings. The largest absolute Gasteiger partial charge is 0.508 e. The lowest BCUT2D eigenvalue weighted by atomic mass is 10.0. The fraction of sp³-hybridized carbons (Fsp3) is 0.484. The zero-order valence-corrected chi connectivity index (χ0v) is 58.2. The van der Waals surface area contributed by atoms with E-state index in [4.69, 9.17) is 33.8 Å². The first kappa shape index (κ1) is 89.0. The van der Waals surface area contributed by atoms with Gasteiger partial charge in [-0.1, -0.05) is 42.5 Å². The first-order valence-corrected chi connectivity index (χ1v) is 33.0. The molecular formula is C64H91N19O24. The predicted octanol–water partition coefficient (Wildman–Crippen LogP) is -10.1. The van der Waals surface area contributed by atoms with Gasteiger partial charge >= 0.3 is 17.9 Å². The highest BCUT2D eigenvalue weighted by molar-refractivity contribution is 6.01. The first-order valence-electron chi connectivity index (χ1n) is 33.0. The van der Waals surface area contributed by atoms with Crippen molar-refractivity contribution in [1.82, 2.24) is 73.8 Å². The number of carbonyl (C=O) groups is 18. The van der Waals surface area contributed by atoms with Gasteiger partial charge in [-0.15, -0.1) is 0 Å². The third-order valence-electron chi connectivity index (χ3n) is 15.6. The average Bonchev–Trinajstić information content (AvgIpc) is 1.37. The Bertz CT molecular complexity index is 3640. The monoisotopic (exact) mass is 1510 g/mol. The quantitative estimate of drug-likeness (QED) is 0.0233. The van der Waals surface area contributed by atoms with Gasteiger partial charge in [-0.05, 0) is 76.3 Å². The number of aromatic nitrogens is 2. The summed E-state index contributed by atoms with van der Waals surface area (Å²) in [6.07, 6.45) is -4.96. The number of unbranched alkanes of at least 4 members (excludes halogenated alkanes) is 1. The fourth-order valence-electron chi connectivity index (χ4n) is 9.84. The lowest BCUT2D eigenvalue weighted by molar-refractivity contribution is -0.147. The molecule has 0 aliphatic heterocycles. The van der Waals surface area contributed by atoms with Gasteiger partial charge in [-0.3, -0.25) is 81.5 Å². The van der Waals surface area contributed by atoms with E-state index in [1.54, 1.807) is 30.3 Å². The summed E-state index contributed by atoms with van der Waals surface area (Å²) in [6, 6.07) is -10.0. The molecule has 3 rings (SSSR count). The number of aliphatic hydroxyl groups is 2. The molecule has 0 fully saturated rings. The lowest BCUT2D eigenvalue weighted by Crippen LogP contribution is -2.61. The van der Waals surface area contributed by atoms with Crippen LogP contribution in [0.4, 0.5) is 0 Å². The third kappa shape index (κ3) is 32.1. The number of carbonyl (C=O) groups excluding carboxylic acids is 15. The van der Waals surface area contributed by atoms with Crippen molar-refractivity contribution in [3.05, 3.63) is 83.9 Å². The Morgan fingerprint density at radius 1 is 0.439 bits per heavy atom. The number of imidazole rings is 1. The number of nitrogens with two attached hydrogens (primary N) is 5. The summed E-state index contributed by atoms with van der Waals surface area (Å²) in [5.41, 5.74) is 28.3. The number of aliphatic hydroxyl groups excluding tert-OH is 2. The minimum absolute atomic E-state index is 0.118. The Hall–Kier alpha value is -12.2. The maximum atomic E-state index is 14.4. The fourth-order valence-corrected chi connectivity index (χ4v) is 9.84. The number of carboxylic acids is 3. The van der Waals surface area contributed by atoms with Crippen molar-refractivity contribution in [2.45, 2.75) is 182 Å². The van der Waals surface area contributed by atoms with Gasteiger partial charge in [-0.25, -0.2) is 9.78 Å². The summed E-state index contributed by atoms with van der Waals surface area (Å²) in [4.78, 5) is 243. The van der Waals surface area contributed by atoms with Crippen LogP contribution in [0.25, 0.3) is 0 Å². The summed E-state index contributed by atoms with van der Waals surface area (Å²) in [5, 5.41) is 86.2. The normalized spacial score (nSPS) is 14.9. The van der Waals surface area contributed by atoms with E-state index in [1.807, 2.05) is 5.32 Å². The molecular weight excluding hydrogens is 1420 g/mol. The van der Waals surface area contributed by atoms with Crippen LogP contribution in [-0.4, -0.2) is 245 Å². The molecule has 0 saturated carbocycles. The molecule has 0 saturated heterocycles. The first-order chi connectivity index (χ1) is 50.3. The van der Waals surface area contributed by atoms with Crippen LogP contribution in [0, 0.1) is 0 Å². The van der Waals surface area contributed by atoms with E-state index in [2.05, 4.69) is 68.5 Å². The van der Waals surface area contributed by atoms with Gasteiger partial charge in [-0.2, -0.15) is 0 Å². The number of hydrogen-bond donors (Lipinski definition) is 24. The highest BCUT2D eigenvalue weighted by Crippen LogP contribution is 2.14. The van der Waals surface area contributed by atoms with Gasteiger partial charge in [0.2, 0.25) is 88.6 Å². The number of benzene rings is 2. The molecule has 0 bridgehead atoms. The maximum Gasteiger partial charge on any atom is 0.326 e. The molecule has 0 spiro atoms. The Kier molecular flexibility index (Phi) is 36.9. The minimum Gasteiger partial charge on any atom is -0.508 e. The number of nitrogens with zero attached hydrogens (tertiary/aromatic N) is 1. The van der Waals surface area contributed by atoms with Crippen LogP contribution >= 0.6 is 0 Å². The summed E-state index contributed by atoms with van der Waals surface area (Å²) < 4.78 is 0. The number of hydrogen-bond acceptors (Lipinski definition) is 24. The van der Waals surface area contributed by atoms with Crippen LogP contribution in [0.15, 0.2) is 67.1 Å². The van der Waals surface area contributed by atoms with E-state index in [0.29, 0.717) is 17.5 Å². The number of aromatic amines is 1. The van der Waals surface area contributed by atoms with E-state index >= 15 is 0 Å². The Morgan fingerprint density at radius 2 is 0.841 bits per heavy atom. The lowest BCUT2D eigenvalue weighted by Gasteiger charge is -2.27. The third-order valence-corrected chi connectivity index (χ3v) is 15.6. The molecule has 0 radical (unpaired) electrons. The second-order valence-electron chi connectivity index (χ2n) is 24.5. The van der Waals surface area contributed by atoms with Gasteiger partial charge in [0.25, 0.3) is 0 Å². The predicted molar refractivity (Wildman–Crippen MR) is 367 cm³/mol. The number of aliphatic carboxylic acids is 3. The van der Waals surface area contributed by atoms with Crippen molar-refractivity contribution in [3.8, 4) is 5.75 Å². The molecule has 15 amide bonds. The van der Waals surface area contributed by atoms with Crippen LogP contribution in [-0.2, 0) is 106 Å². The van der Waals surface area contributed by atoms with E-state index < -0.39 is 230 Å². The number of phenolic OH excluding ortho intramolecular Hbond substituents is 1. The standard InChI is InChI=1S/C64H91N19O24/c1-29(72-56(98)38(20-33-12-14-35(86)15-13-33)80-63(105)51(31(3)85)83-54(96)36(66)16-17-46(67)87)52(94)74-37(11-7-8-18-65)55(97)76-39(19-32-9-5-4-6-10-32)58(100)79-43(24-49(90)91)57(99)73-30(2)53(95)75-41(22-47(68)88)61(103)82-45(27-84)62(104)77-40(21-34-26-70-28-71-34)59(101)78-42(23-48(69)89)60(102)81-44(64(106)107)25-50(92)93/h4-6,9-10,12-15,26,28-31,36-45,51,84-86H,7-8,11,16-25,27,65-66H2,1-3H3,(H2,67,87)(H2,68,88)(H2,69,89)(H,70,71)(H,72,98)(H,73,99)(H,74,94)(H,75,95)(H,76,97)(H,77,104)(H,78,101)(H,79,100)(H,80,105)(H,81,102)(H,82,103)(H,83,96)(H,90,91)(H,92,93)(H,106,107)/t29-,30-,31+,36-,37-,38-,39-,40-,41-,42-,43-,44-,45-,51-/m0/s1. The van der Waals surface area contributed by atoms with Crippen LogP contribution < -0.4 is 92.5 Å². The van der Waals surface area contributed by atoms with Crippen LogP contribution in [0.5, 0.6) is 5.75 Å². The summed E-state index contributed by atoms with van der Waals surface area (Å²) in [7, 11) is 0. The molecule has 586 valence electrons. The minimum atomic E-state index is -2.07. The molecule has 1 aromatic heterocycles. The number of H-pyrrole nitrogens is 1. The molecule has 107 heavy (non-hydrogen) atoms. The summed E-state index contributed by atoms with van der Waals surface area (Å²) >= 11 is 0.